The zero-order valence-electron chi connectivity index (χ0n) is 14.5. The molecule has 0 aliphatic carbocycles. The Morgan fingerprint density at radius 2 is 2.09 bits per heavy atom. The lowest BCUT2D eigenvalue weighted by Gasteiger charge is -2.34. The molecule has 1 aromatic heterocycles. The predicted octanol–water partition coefficient (Wildman–Crippen LogP) is 2.75. The number of nitrogens with zero attached hydrogens (tertiary/aromatic N) is 2. The maximum absolute atomic E-state index is 12.1. The summed E-state index contributed by atoms with van der Waals surface area (Å²) in [7, 11) is 0. The van der Waals surface area contributed by atoms with E-state index in [9.17, 15) is 4.79 Å². The summed E-state index contributed by atoms with van der Waals surface area (Å²) in [5, 5.41) is 3.71. The predicted molar refractivity (Wildman–Crippen MR) is 92.5 cm³/mol. The standard InChI is InChI=1S/C17H27N3O2S/c1-11(2)16-14(6-5-7-22-16)9-18-15(21)10-23-17-19-12(3)8-13(4)20-17/h8,11,14,16H,5-7,9-10H2,1-4H3,(H,18,21)/t14-,16+/m0/s1. The van der Waals surface area contributed by atoms with Crippen LogP contribution in [0.4, 0.5) is 0 Å². The van der Waals surface area contributed by atoms with E-state index >= 15 is 0 Å². The number of hydrogen-bond acceptors (Lipinski definition) is 5. The number of aromatic nitrogens is 2. The minimum atomic E-state index is 0.0332. The first-order valence-electron chi connectivity index (χ1n) is 8.29. The van der Waals surface area contributed by atoms with Crippen LogP contribution in [0, 0.1) is 25.7 Å². The number of nitrogens with one attached hydrogen (secondary N) is 1. The summed E-state index contributed by atoms with van der Waals surface area (Å²) in [5.74, 6) is 1.28. The monoisotopic (exact) mass is 337 g/mol. The van der Waals surface area contributed by atoms with Crippen LogP contribution in [-0.2, 0) is 9.53 Å². The largest absolute Gasteiger partial charge is 0.378 e. The Labute approximate surface area is 143 Å². The number of hydrogen-bond donors (Lipinski definition) is 1. The highest BCUT2D eigenvalue weighted by molar-refractivity contribution is 7.99. The lowest BCUT2D eigenvalue weighted by Crippen LogP contribution is -2.41. The molecule has 0 aromatic carbocycles. The average Bonchev–Trinajstić information content (AvgIpc) is 2.50. The fourth-order valence-electron chi connectivity index (χ4n) is 3.00. The van der Waals surface area contributed by atoms with Gasteiger partial charge in [0.2, 0.25) is 5.91 Å². The van der Waals surface area contributed by atoms with Crippen molar-refractivity contribution in [3.8, 4) is 0 Å². The third kappa shape index (κ3) is 5.77. The molecule has 1 aromatic rings. The number of carbonyl (C=O) groups excluding carboxylic acids is 1. The summed E-state index contributed by atoms with van der Waals surface area (Å²) in [6.07, 6.45) is 2.45. The number of aryl methyl sites for hydroxylation is 2. The van der Waals surface area contributed by atoms with Gasteiger partial charge in [0.15, 0.2) is 5.16 Å². The highest BCUT2D eigenvalue weighted by atomic mass is 32.2. The smallest absolute Gasteiger partial charge is 0.230 e. The molecular formula is C17H27N3O2S. The fraction of sp³-hybridized carbons (Fsp3) is 0.706. The zero-order chi connectivity index (χ0) is 16.8. The van der Waals surface area contributed by atoms with Crippen LogP contribution in [-0.4, -0.2) is 40.9 Å². The summed E-state index contributed by atoms with van der Waals surface area (Å²) in [6, 6.07) is 1.93. The molecule has 1 amide bonds. The van der Waals surface area contributed by atoms with Gasteiger partial charge in [0.25, 0.3) is 0 Å². The molecule has 0 unspecified atom stereocenters. The number of ether oxygens (including phenoxy) is 1. The van der Waals surface area contributed by atoms with Crippen molar-refractivity contribution in [2.75, 3.05) is 18.9 Å². The van der Waals surface area contributed by atoms with E-state index in [0.29, 0.717) is 29.3 Å². The van der Waals surface area contributed by atoms with Gasteiger partial charge >= 0.3 is 0 Å². The highest BCUT2D eigenvalue weighted by Gasteiger charge is 2.28. The average molecular weight is 337 g/mol. The van der Waals surface area contributed by atoms with Crippen LogP contribution in [0.25, 0.3) is 0 Å². The van der Waals surface area contributed by atoms with Crippen molar-refractivity contribution in [2.24, 2.45) is 11.8 Å². The molecule has 128 valence electrons. The van der Waals surface area contributed by atoms with Gasteiger partial charge in [-0.2, -0.15) is 0 Å². The third-order valence-corrected chi connectivity index (χ3v) is 4.85. The van der Waals surface area contributed by atoms with E-state index in [2.05, 4.69) is 29.1 Å². The third-order valence-electron chi connectivity index (χ3n) is 4.01. The van der Waals surface area contributed by atoms with E-state index in [4.69, 9.17) is 4.74 Å². The van der Waals surface area contributed by atoms with E-state index in [1.807, 2.05) is 19.9 Å². The second kappa shape index (κ2) is 8.64. The number of rotatable bonds is 6. The molecule has 2 rings (SSSR count). The van der Waals surface area contributed by atoms with Crippen molar-refractivity contribution in [3.05, 3.63) is 17.5 Å². The summed E-state index contributed by atoms with van der Waals surface area (Å²) in [4.78, 5) is 20.8. The van der Waals surface area contributed by atoms with Gasteiger partial charge < -0.3 is 10.1 Å². The van der Waals surface area contributed by atoms with Crippen molar-refractivity contribution >= 4 is 17.7 Å². The molecule has 1 aliphatic heterocycles. The van der Waals surface area contributed by atoms with E-state index < -0.39 is 0 Å². The molecule has 0 radical (unpaired) electrons. The second-order valence-electron chi connectivity index (χ2n) is 6.51. The number of carbonyl (C=O) groups is 1. The van der Waals surface area contributed by atoms with Gasteiger partial charge in [-0.25, -0.2) is 9.97 Å². The van der Waals surface area contributed by atoms with Gasteiger partial charge in [-0.1, -0.05) is 25.6 Å². The summed E-state index contributed by atoms with van der Waals surface area (Å²) < 4.78 is 5.86. The minimum absolute atomic E-state index is 0.0332. The van der Waals surface area contributed by atoms with Crippen LogP contribution in [0.15, 0.2) is 11.2 Å². The molecule has 1 aliphatic rings. The lowest BCUT2D eigenvalue weighted by molar-refractivity contribution is -0.119. The molecular weight excluding hydrogens is 310 g/mol. The van der Waals surface area contributed by atoms with Gasteiger partial charge in [0.05, 0.1) is 11.9 Å². The maximum Gasteiger partial charge on any atom is 0.230 e. The van der Waals surface area contributed by atoms with Crippen molar-refractivity contribution in [1.82, 2.24) is 15.3 Å². The van der Waals surface area contributed by atoms with Crippen LogP contribution in [0.3, 0.4) is 0 Å². The molecule has 5 nitrogen and oxygen atoms in total. The first-order chi connectivity index (χ1) is 11.0. The maximum atomic E-state index is 12.1. The van der Waals surface area contributed by atoms with Crippen LogP contribution in [0.2, 0.25) is 0 Å². The first-order valence-corrected chi connectivity index (χ1v) is 9.27. The van der Waals surface area contributed by atoms with Gasteiger partial charge in [-0.3, -0.25) is 4.79 Å². The van der Waals surface area contributed by atoms with E-state index in [0.717, 1.165) is 30.8 Å². The summed E-state index contributed by atoms with van der Waals surface area (Å²) in [5.41, 5.74) is 1.86. The summed E-state index contributed by atoms with van der Waals surface area (Å²) >= 11 is 1.39. The first kappa shape index (κ1) is 18.2. The molecule has 0 saturated carbocycles. The van der Waals surface area contributed by atoms with Crippen molar-refractivity contribution < 1.29 is 9.53 Å². The zero-order valence-corrected chi connectivity index (χ0v) is 15.3. The lowest BCUT2D eigenvalue weighted by atomic mass is 9.87. The molecule has 1 saturated heterocycles. The Morgan fingerprint density at radius 3 is 2.74 bits per heavy atom. The van der Waals surface area contributed by atoms with E-state index in [1.165, 1.54) is 11.8 Å². The van der Waals surface area contributed by atoms with Gasteiger partial charge in [-0.05, 0) is 38.7 Å². The Bertz CT molecular complexity index is 516. The Balaban J connectivity index is 1.78. The SMILES string of the molecule is Cc1cc(C)nc(SCC(=O)NC[C@@H]2CCCO[C@@H]2C(C)C)n1. The number of amides is 1. The van der Waals surface area contributed by atoms with Crippen molar-refractivity contribution in [2.45, 2.75) is 51.8 Å². The quantitative estimate of drug-likeness (QED) is 0.639. The molecule has 2 atom stereocenters. The van der Waals surface area contributed by atoms with Crippen LogP contribution < -0.4 is 5.32 Å². The van der Waals surface area contributed by atoms with Crippen LogP contribution >= 0.6 is 11.8 Å². The fourth-order valence-corrected chi connectivity index (χ4v) is 3.78. The Morgan fingerprint density at radius 1 is 1.39 bits per heavy atom. The molecule has 0 spiro atoms. The Kier molecular flexibility index (Phi) is 6.84. The molecule has 1 fully saturated rings. The van der Waals surface area contributed by atoms with Crippen molar-refractivity contribution in [3.63, 3.8) is 0 Å². The number of thioether (sulfide) groups is 1. The van der Waals surface area contributed by atoms with E-state index in [1.54, 1.807) is 0 Å². The molecule has 2 heterocycles. The van der Waals surface area contributed by atoms with Gasteiger partial charge in [0.1, 0.15) is 0 Å². The minimum Gasteiger partial charge on any atom is -0.378 e. The Hall–Kier alpha value is -1.14. The second-order valence-corrected chi connectivity index (χ2v) is 7.45. The molecule has 1 N–H and O–H groups in total. The van der Waals surface area contributed by atoms with Crippen LogP contribution in [0.1, 0.15) is 38.1 Å². The van der Waals surface area contributed by atoms with E-state index in [-0.39, 0.29) is 12.0 Å². The van der Waals surface area contributed by atoms with Crippen molar-refractivity contribution in [1.29, 1.82) is 0 Å². The highest BCUT2D eigenvalue weighted by Crippen LogP contribution is 2.25. The topological polar surface area (TPSA) is 64.1 Å². The summed E-state index contributed by atoms with van der Waals surface area (Å²) in [6.45, 7) is 9.77. The van der Waals surface area contributed by atoms with Gasteiger partial charge in [0, 0.05) is 30.5 Å². The molecule has 23 heavy (non-hydrogen) atoms. The molecule has 6 heteroatoms. The normalized spacial score (nSPS) is 21.4. The van der Waals surface area contributed by atoms with Gasteiger partial charge in [-0.15, -0.1) is 0 Å². The van der Waals surface area contributed by atoms with Crippen LogP contribution in [0.5, 0.6) is 0 Å². The molecule has 0 bridgehead atoms.